The summed E-state index contributed by atoms with van der Waals surface area (Å²) in [5.74, 6) is -0.922. The van der Waals surface area contributed by atoms with E-state index in [0.717, 1.165) is 12.8 Å². The Morgan fingerprint density at radius 2 is 2.43 bits per heavy atom. The second-order valence-electron chi connectivity index (χ2n) is 3.64. The van der Waals surface area contributed by atoms with E-state index in [4.69, 9.17) is 16.7 Å². The zero-order valence-electron chi connectivity index (χ0n) is 7.56. The normalized spacial score (nSPS) is 26.6. The number of aliphatic carboxylic acids is 1. The van der Waals surface area contributed by atoms with Gasteiger partial charge < -0.3 is 5.11 Å². The second-order valence-corrected chi connectivity index (χ2v) is 4.08. The summed E-state index contributed by atoms with van der Waals surface area (Å²) in [6.45, 7) is 0. The minimum Gasteiger partial charge on any atom is -0.481 e. The lowest BCUT2D eigenvalue weighted by Crippen LogP contribution is -2.11. The van der Waals surface area contributed by atoms with E-state index in [-0.39, 0.29) is 12.0 Å². The van der Waals surface area contributed by atoms with Crippen LogP contribution in [0.5, 0.6) is 0 Å². The summed E-state index contributed by atoms with van der Waals surface area (Å²) in [7, 11) is 0. The Balaban J connectivity index is 2.05. The van der Waals surface area contributed by atoms with Crippen LogP contribution in [0.1, 0.15) is 25.3 Å². The monoisotopic (exact) mass is 214 g/mol. The molecule has 1 saturated carbocycles. The molecule has 76 valence electrons. The van der Waals surface area contributed by atoms with Crippen LogP contribution in [0.25, 0.3) is 0 Å². The van der Waals surface area contributed by atoms with E-state index in [1.54, 1.807) is 17.1 Å². The topological polar surface area (TPSA) is 55.1 Å². The molecule has 0 aromatic carbocycles. The molecule has 0 bridgehead atoms. The van der Waals surface area contributed by atoms with E-state index < -0.39 is 5.97 Å². The van der Waals surface area contributed by atoms with E-state index >= 15 is 0 Å². The molecule has 2 atom stereocenters. The molecule has 0 aliphatic heterocycles. The van der Waals surface area contributed by atoms with E-state index in [1.807, 2.05) is 0 Å². The number of hydrogen-bond donors (Lipinski definition) is 1. The van der Waals surface area contributed by atoms with Gasteiger partial charge in [0.2, 0.25) is 0 Å². The fourth-order valence-electron chi connectivity index (χ4n) is 1.94. The van der Waals surface area contributed by atoms with Gasteiger partial charge in [-0.2, -0.15) is 5.10 Å². The molecule has 1 N–H and O–H groups in total. The largest absolute Gasteiger partial charge is 0.481 e. The number of aromatic nitrogens is 2. The van der Waals surface area contributed by atoms with Gasteiger partial charge in [-0.3, -0.25) is 9.48 Å². The fourth-order valence-corrected chi connectivity index (χ4v) is 2.08. The summed E-state index contributed by atoms with van der Waals surface area (Å²) in [4.78, 5) is 10.7. The van der Waals surface area contributed by atoms with Crippen LogP contribution in [0.2, 0.25) is 5.02 Å². The maximum Gasteiger partial charge on any atom is 0.306 e. The van der Waals surface area contributed by atoms with Crippen LogP contribution < -0.4 is 0 Å². The van der Waals surface area contributed by atoms with Gasteiger partial charge in [-0.15, -0.1) is 0 Å². The Morgan fingerprint density at radius 1 is 1.64 bits per heavy atom. The number of halogens is 1. The lowest BCUT2D eigenvalue weighted by Gasteiger charge is -2.09. The van der Waals surface area contributed by atoms with Crippen LogP contribution in [-0.4, -0.2) is 20.9 Å². The van der Waals surface area contributed by atoms with Crippen LogP contribution >= 0.6 is 11.6 Å². The van der Waals surface area contributed by atoms with Crippen molar-refractivity contribution in [1.82, 2.24) is 9.78 Å². The molecule has 1 heterocycles. The van der Waals surface area contributed by atoms with Crippen molar-refractivity contribution >= 4 is 17.6 Å². The summed E-state index contributed by atoms with van der Waals surface area (Å²) < 4.78 is 1.77. The predicted molar refractivity (Wildman–Crippen MR) is 51.3 cm³/mol. The molecule has 0 amide bonds. The minimum atomic E-state index is -0.703. The third-order valence-corrected chi connectivity index (χ3v) is 2.89. The third-order valence-electron chi connectivity index (χ3n) is 2.70. The smallest absolute Gasteiger partial charge is 0.306 e. The number of nitrogens with zero attached hydrogens (tertiary/aromatic N) is 2. The quantitative estimate of drug-likeness (QED) is 0.819. The van der Waals surface area contributed by atoms with E-state index in [2.05, 4.69) is 5.10 Å². The van der Waals surface area contributed by atoms with Crippen molar-refractivity contribution in [3.05, 3.63) is 17.4 Å². The second kappa shape index (κ2) is 3.61. The van der Waals surface area contributed by atoms with Gasteiger partial charge in [-0.1, -0.05) is 11.6 Å². The fraction of sp³-hybridized carbons (Fsp3) is 0.556. The number of carboxylic acid groups (broad SMARTS) is 1. The van der Waals surface area contributed by atoms with Gasteiger partial charge in [-0.05, 0) is 19.3 Å². The Kier molecular flexibility index (Phi) is 2.46. The van der Waals surface area contributed by atoms with Crippen LogP contribution in [0.15, 0.2) is 12.4 Å². The lowest BCUT2D eigenvalue weighted by molar-refractivity contribution is -0.141. The molecule has 2 rings (SSSR count). The van der Waals surface area contributed by atoms with Gasteiger partial charge in [-0.25, -0.2) is 0 Å². The molecule has 4 nitrogen and oxygen atoms in total. The van der Waals surface area contributed by atoms with Gasteiger partial charge in [0, 0.05) is 6.20 Å². The number of carboxylic acids is 1. The highest BCUT2D eigenvalue weighted by atomic mass is 35.5. The van der Waals surface area contributed by atoms with Gasteiger partial charge in [0.15, 0.2) is 0 Å². The zero-order valence-corrected chi connectivity index (χ0v) is 8.31. The summed E-state index contributed by atoms with van der Waals surface area (Å²) >= 11 is 5.74. The molecule has 5 heteroatoms. The average molecular weight is 215 g/mol. The van der Waals surface area contributed by atoms with Gasteiger partial charge >= 0.3 is 5.97 Å². The Labute approximate surface area is 86.5 Å². The van der Waals surface area contributed by atoms with Gasteiger partial charge in [0.1, 0.15) is 0 Å². The first kappa shape index (κ1) is 9.52. The lowest BCUT2D eigenvalue weighted by atomic mass is 10.1. The molecule has 2 unspecified atom stereocenters. The van der Waals surface area contributed by atoms with E-state index in [0.29, 0.717) is 11.4 Å². The Morgan fingerprint density at radius 3 is 2.93 bits per heavy atom. The molecule has 0 saturated heterocycles. The number of hydrogen-bond acceptors (Lipinski definition) is 2. The molecule has 1 aromatic rings. The molecule has 0 spiro atoms. The molecule has 1 aliphatic rings. The summed E-state index contributed by atoms with van der Waals surface area (Å²) in [6, 6.07) is 0.198. The summed E-state index contributed by atoms with van der Waals surface area (Å²) in [5, 5.41) is 13.5. The van der Waals surface area contributed by atoms with Gasteiger partial charge in [0.25, 0.3) is 0 Å². The van der Waals surface area contributed by atoms with Crippen molar-refractivity contribution < 1.29 is 9.90 Å². The van der Waals surface area contributed by atoms with Crippen molar-refractivity contribution in [1.29, 1.82) is 0 Å². The first-order chi connectivity index (χ1) is 6.66. The highest BCUT2D eigenvalue weighted by Crippen LogP contribution is 2.34. The molecule has 1 fully saturated rings. The maximum absolute atomic E-state index is 10.7. The minimum absolute atomic E-state index is 0.198. The Bertz CT molecular complexity index is 350. The average Bonchev–Trinajstić information content (AvgIpc) is 2.70. The molecule has 1 aromatic heterocycles. The van der Waals surface area contributed by atoms with Crippen LogP contribution in [0, 0.1) is 5.92 Å². The van der Waals surface area contributed by atoms with Gasteiger partial charge in [0.05, 0.1) is 23.2 Å². The standard InChI is InChI=1S/C9H11ClN2O2/c10-7-4-11-12(5-7)8-2-1-6(3-8)9(13)14/h4-6,8H,1-3H2,(H,13,14). The van der Waals surface area contributed by atoms with Crippen LogP contribution in [0.4, 0.5) is 0 Å². The first-order valence-corrected chi connectivity index (χ1v) is 4.97. The summed E-state index contributed by atoms with van der Waals surface area (Å²) in [6.07, 6.45) is 5.59. The molecule has 1 aliphatic carbocycles. The highest BCUT2D eigenvalue weighted by molar-refractivity contribution is 6.30. The maximum atomic E-state index is 10.7. The highest BCUT2D eigenvalue weighted by Gasteiger charge is 2.30. The SMILES string of the molecule is O=C(O)C1CCC(n2cc(Cl)cn2)C1. The predicted octanol–water partition coefficient (Wildman–Crippen LogP) is 1.96. The Hall–Kier alpha value is -1.03. The number of rotatable bonds is 2. The van der Waals surface area contributed by atoms with E-state index in [1.165, 1.54) is 0 Å². The number of carbonyl (C=O) groups is 1. The van der Waals surface area contributed by atoms with Crippen LogP contribution in [0.3, 0.4) is 0 Å². The van der Waals surface area contributed by atoms with Crippen molar-refractivity contribution in [2.45, 2.75) is 25.3 Å². The summed E-state index contributed by atoms with van der Waals surface area (Å²) in [5.41, 5.74) is 0. The molecular formula is C9H11ClN2O2. The third kappa shape index (κ3) is 1.75. The van der Waals surface area contributed by atoms with Crippen molar-refractivity contribution in [3.63, 3.8) is 0 Å². The molecule has 0 radical (unpaired) electrons. The van der Waals surface area contributed by atoms with Crippen molar-refractivity contribution in [2.24, 2.45) is 5.92 Å². The zero-order chi connectivity index (χ0) is 10.1. The van der Waals surface area contributed by atoms with Crippen LogP contribution in [-0.2, 0) is 4.79 Å². The molecular weight excluding hydrogens is 204 g/mol. The van der Waals surface area contributed by atoms with Crippen molar-refractivity contribution in [2.75, 3.05) is 0 Å². The first-order valence-electron chi connectivity index (χ1n) is 4.59. The van der Waals surface area contributed by atoms with Crippen molar-refractivity contribution in [3.8, 4) is 0 Å². The molecule has 14 heavy (non-hydrogen) atoms. The van der Waals surface area contributed by atoms with E-state index in [9.17, 15) is 4.79 Å².